The normalized spacial score (nSPS) is 15.6. The van der Waals surface area contributed by atoms with Crippen molar-refractivity contribution in [3.8, 4) is 0 Å². The summed E-state index contributed by atoms with van der Waals surface area (Å²) in [5, 5.41) is 7.19. The van der Waals surface area contributed by atoms with E-state index in [-0.39, 0.29) is 5.91 Å². The summed E-state index contributed by atoms with van der Waals surface area (Å²) in [6.45, 7) is 4.63. The van der Waals surface area contributed by atoms with Gasteiger partial charge in [0.2, 0.25) is 0 Å². The summed E-state index contributed by atoms with van der Waals surface area (Å²) in [4.78, 5) is 11.7. The van der Waals surface area contributed by atoms with Crippen molar-refractivity contribution < 1.29 is 4.79 Å². The van der Waals surface area contributed by atoms with Gasteiger partial charge >= 0.3 is 0 Å². The Labute approximate surface area is 83.3 Å². The molecule has 14 heavy (non-hydrogen) atoms. The molecule has 2 rings (SSSR count). The first-order valence-electron chi connectivity index (χ1n) is 5.06. The van der Waals surface area contributed by atoms with Crippen LogP contribution >= 0.6 is 0 Å². The van der Waals surface area contributed by atoms with Gasteiger partial charge in [-0.1, -0.05) is 0 Å². The van der Waals surface area contributed by atoms with Crippen LogP contribution in [-0.4, -0.2) is 21.7 Å². The van der Waals surface area contributed by atoms with Crippen molar-refractivity contribution in [2.45, 2.75) is 39.3 Å². The zero-order valence-corrected chi connectivity index (χ0v) is 8.58. The molecule has 0 bridgehead atoms. The molecule has 0 aliphatic heterocycles. The van der Waals surface area contributed by atoms with Crippen molar-refractivity contribution >= 4 is 5.91 Å². The minimum absolute atomic E-state index is 0.00921. The fourth-order valence-electron chi connectivity index (χ4n) is 1.46. The van der Waals surface area contributed by atoms with Crippen LogP contribution in [0.5, 0.6) is 0 Å². The zero-order valence-electron chi connectivity index (χ0n) is 8.58. The van der Waals surface area contributed by atoms with E-state index in [0.717, 1.165) is 25.1 Å². The van der Waals surface area contributed by atoms with Crippen molar-refractivity contribution in [2.75, 3.05) is 0 Å². The Bertz CT molecular complexity index is 352. The number of nitrogens with zero attached hydrogens (tertiary/aromatic N) is 2. The fourth-order valence-corrected chi connectivity index (χ4v) is 1.46. The number of carbonyl (C=O) groups excluding carboxylic acids is 1. The predicted molar refractivity (Wildman–Crippen MR) is 53.1 cm³/mol. The fraction of sp³-hybridized carbons (Fsp3) is 0.600. The molecule has 76 valence electrons. The van der Waals surface area contributed by atoms with Crippen LogP contribution < -0.4 is 5.32 Å². The van der Waals surface area contributed by atoms with Gasteiger partial charge in [-0.2, -0.15) is 5.10 Å². The van der Waals surface area contributed by atoms with E-state index < -0.39 is 0 Å². The van der Waals surface area contributed by atoms with E-state index >= 15 is 0 Å². The summed E-state index contributed by atoms with van der Waals surface area (Å²) in [6, 6.07) is 2.24. The molecule has 0 radical (unpaired) electrons. The van der Waals surface area contributed by atoms with E-state index in [4.69, 9.17) is 0 Å². The summed E-state index contributed by atoms with van der Waals surface area (Å²) in [6.07, 6.45) is 2.23. The largest absolute Gasteiger partial charge is 0.348 e. The molecule has 0 saturated heterocycles. The highest BCUT2D eigenvalue weighted by Crippen LogP contribution is 2.19. The summed E-state index contributed by atoms with van der Waals surface area (Å²) in [7, 11) is 0. The molecule has 1 aliphatic rings. The second kappa shape index (κ2) is 3.44. The third kappa shape index (κ3) is 1.78. The summed E-state index contributed by atoms with van der Waals surface area (Å²) < 4.78 is 1.74. The highest BCUT2D eigenvalue weighted by molar-refractivity contribution is 5.93. The third-order valence-corrected chi connectivity index (χ3v) is 2.35. The average molecular weight is 193 g/mol. The lowest BCUT2D eigenvalue weighted by atomic mass is 10.3. The molecule has 0 aromatic carbocycles. The Balaban J connectivity index is 2.15. The molecule has 1 amide bonds. The van der Waals surface area contributed by atoms with E-state index in [9.17, 15) is 4.79 Å². The van der Waals surface area contributed by atoms with Crippen molar-refractivity contribution in [2.24, 2.45) is 0 Å². The number of nitrogens with one attached hydrogen (secondary N) is 1. The van der Waals surface area contributed by atoms with E-state index in [1.807, 2.05) is 19.9 Å². The first kappa shape index (κ1) is 9.24. The Kier molecular flexibility index (Phi) is 2.27. The highest BCUT2D eigenvalue weighted by Gasteiger charge is 2.25. The van der Waals surface area contributed by atoms with Crippen LogP contribution in [-0.2, 0) is 6.54 Å². The lowest BCUT2D eigenvalue weighted by molar-refractivity contribution is 0.0940. The second-order valence-corrected chi connectivity index (χ2v) is 3.73. The van der Waals surface area contributed by atoms with Crippen molar-refractivity contribution in [1.82, 2.24) is 15.1 Å². The Morgan fingerprint density at radius 1 is 1.71 bits per heavy atom. The van der Waals surface area contributed by atoms with Crippen LogP contribution in [0.2, 0.25) is 0 Å². The van der Waals surface area contributed by atoms with Crippen LogP contribution in [0.25, 0.3) is 0 Å². The van der Waals surface area contributed by atoms with E-state index in [1.165, 1.54) is 0 Å². The summed E-state index contributed by atoms with van der Waals surface area (Å²) in [5.74, 6) is 0.00921. The van der Waals surface area contributed by atoms with Gasteiger partial charge in [0, 0.05) is 12.6 Å². The van der Waals surface area contributed by atoms with Crippen molar-refractivity contribution in [3.63, 3.8) is 0 Å². The van der Waals surface area contributed by atoms with Crippen molar-refractivity contribution in [3.05, 3.63) is 17.5 Å². The molecule has 1 aliphatic carbocycles. The van der Waals surface area contributed by atoms with Gasteiger partial charge in [-0.3, -0.25) is 9.48 Å². The lowest BCUT2D eigenvalue weighted by Crippen LogP contribution is -2.27. The minimum Gasteiger partial charge on any atom is -0.348 e. The van der Waals surface area contributed by atoms with Crippen LogP contribution in [0.15, 0.2) is 6.07 Å². The number of hydrogen-bond donors (Lipinski definition) is 1. The maximum Gasteiger partial charge on any atom is 0.269 e. The van der Waals surface area contributed by atoms with Crippen LogP contribution in [0.4, 0.5) is 0 Å². The van der Waals surface area contributed by atoms with E-state index in [0.29, 0.717) is 11.7 Å². The van der Waals surface area contributed by atoms with Crippen molar-refractivity contribution in [1.29, 1.82) is 0 Å². The van der Waals surface area contributed by atoms with Gasteiger partial charge in [0.25, 0.3) is 5.91 Å². The zero-order chi connectivity index (χ0) is 10.1. The molecule has 0 spiro atoms. The SMILES string of the molecule is CCn1nc(C)cc1C(=O)NC1CC1. The molecule has 1 aromatic heterocycles. The molecule has 0 atom stereocenters. The smallest absolute Gasteiger partial charge is 0.269 e. The molecule has 1 N–H and O–H groups in total. The van der Waals surface area contributed by atoms with Crippen LogP contribution in [0.1, 0.15) is 35.9 Å². The van der Waals surface area contributed by atoms with Gasteiger partial charge in [-0.05, 0) is 32.8 Å². The maximum absolute atomic E-state index is 11.7. The predicted octanol–water partition coefficient (Wildman–Crippen LogP) is 1.10. The molecular formula is C10H15N3O. The first-order valence-corrected chi connectivity index (χ1v) is 5.06. The number of rotatable bonds is 3. The average Bonchev–Trinajstić information content (AvgIpc) is 2.87. The Hall–Kier alpha value is -1.32. The van der Waals surface area contributed by atoms with Gasteiger partial charge < -0.3 is 5.32 Å². The molecule has 4 nitrogen and oxygen atoms in total. The number of amides is 1. The van der Waals surface area contributed by atoms with E-state index in [2.05, 4.69) is 10.4 Å². The molecule has 1 aromatic rings. The molecule has 0 unspecified atom stereocenters. The molecule has 4 heteroatoms. The van der Waals surface area contributed by atoms with Crippen LogP contribution in [0, 0.1) is 6.92 Å². The molecule has 1 heterocycles. The highest BCUT2D eigenvalue weighted by atomic mass is 16.2. The number of carbonyl (C=O) groups is 1. The van der Waals surface area contributed by atoms with E-state index in [1.54, 1.807) is 4.68 Å². The first-order chi connectivity index (χ1) is 6.70. The summed E-state index contributed by atoms with van der Waals surface area (Å²) in [5.41, 5.74) is 1.57. The van der Waals surface area contributed by atoms with Crippen LogP contribution in [0.3, 0.4) is 0 Å². The molecule has 1 saturated carbocycles. The molecular weight excluding hydrogens is 178 g/mol. The van der Waals surface area contributed by atoms with Gasteiger partial charge in [0.1, 0.15) is 5.69 Å². The monoisotopic (exact) mass is 193 g/mol. The van der Waals surface area contributed by atoms with Gasteiger partial charge in [-0.25, -0.2) is 0 Å². The lowest BCUT2D eigenvalue weighted by Gasteiger charge is -2.04. The summed E-state index contributed by atoms with van der Waals surface area (Å²) >= 11 is 0. The maximum atomic E-state index is 11.7. The Morgan fingerprint density at radius 2 is 2.43 bits per heavy atom. The number of aromatic nitrogens is 2. The van der Waals surface area contributed by atoms with Gasteiger partial charge in [-0.15, -0.1) is 0 Å². The standard InChI is InChI=1S/C10H15N3O/c1-3-13-9(6-7(2)12-13)10(14)11-8-4-5-8/h6,8H,3-5H2,1-2H3,(H,11,14). The molecule has 1 fully saturated rings. The topological polar surface area (TPSA) is 46.9 Å². The number of hydrogen-bond acceptors (Lipinski definition) is 2. The Morgan fingerprint density at radius 3 is 3.00 bits per heavy atom. The number of aryl methyl sites for hydroxylation is 2. The minimum atomic E-state index is 0.00921. The third-order valence-electron chi connectivity index (χ3n) is 2.35. The quantitative estimate of drug-likeness (QED) is 0.781. The second-order valence-electron chi connectivity index (χ2n) is 3.73. The van der Waals surface area contributed by atoms with Gasteiger partial charge in [0.05, 0.1) is 5.69 Å². The van der Waals surface area contributed by atoms with Gasteiger partial charge in [0.15, 0.2) is 0 Å².